The molecule has 0 bridgehead atoms. The number of aryl methyl sites for hydroxylation is 1. The van der Waals surface area contributed by atoms with Crippen molar-refractivity contribution in [2.75, 3.05) is 23.3 Å². The minimum Gasteiger partial charge on any atom is -0.354 e. The largest absolute Gasteiger partial charge is 0.354 e. The van der Waals surface area contributed by atoms with Crippen LogP contribution in [0.5, 0.6) is 0 Å². The highest BCUT2D eigenvalue weighted by molar-refractivity contribution is 5.85. The number of carbonyl (C=O) groups excluding carboxylic acids is 1. The van der Waals surface area contributed by atoms with Gasteiger partial charge < -0.3 is 15.5 Å². The van der Waals surface area contributed by atoms with E-state index in [1.54, 1.807) is 6.20 Å². The third-order valence-electron chi connectivity index (χ3n) is 4.86. The SMILES string of the molecule is CCCCCNC(=O)C1CCCN1c1nccc(Nc2ccc(C)cc2)n1. The lowest BCUT2D eigenvalue weighted by molar-refractivity contribution is -0.122. The maximum Gasteiger partial charge on any atom is 0.242 e. The summed E-state index contributed by atoms with van der Waals surface area (Å²) >= 11 is 0. The van der Waals surface area contributed by atoms with Crippen molar-refractivity contribution in [3.63, 3.8) is 0 Å². The Kier molecular flexibility index (Phi) is 6.63. The number of nitrogens with one attached hydrogen (secondary N) is 2. The number of carbonyl (C=O) groups is 1. The van der Waals surface area contributed by atoms with Gasteiger partial charge in [-0.25, -0.2) is 4.98 Å². The third kappa shape index (κ3) is 5.18. The van der Waals surface area contributed by atoms with Crippen molar-refractivity contribution in [1.82, 2.24) is 15.3 Å². The lowest BCUT2D eigenvalue weighted by atomic mass is 10.2. The molecule has 3 rings (SSSR count). The number of unbranched alkanes of at least 4 members (excludes halogenated alkanes) is 2. The van der Waals surface area contributed by atoms with Crippen LogP contribution in [-0.2, 0) is 4.79 Å². The Labute approximate surface area is 161 Å². The van der Waals surface area contributed by atoms with E-state index in [1.165, 1.54) is 5.56 Å². The van der Waals surface area contributed by atoms with Gasteiger partial charge in [0.05, 0.1) is 0 Å². The summed E-state index contributed by atoms with van der Waals surface area (Å²) < 4.78 is 0. The summed E-state index contributed by atoms with van der Waals surface area (Å²) in [5.41, 5.74) is 2.20. The van der Waals surface area contributed by atoms with E-state index >= 15 is 0 Å². The molecule has 0 spiro atoms. The van der Waals surface area contributed by atoms with Gasteiger partial charge in [-0.3, -0.25) is 4.79 Å². The Hall–Kier alpha value is -2.63. The summed E-state index contributed by atoms with van der Waals surface area (Å²) in [7, 11) is 0. The molecule has 1 aromatic heterocycles. The average Bonchev–Trinajstić information content (AvgIpc) is 3.17. The minimum absolute atomic E-state index is 0.0871. The molecule has 1 atom stereocenters. The Morgan fingerprint density at radius 3 is 2.81 bits per heavy atom. The van der Waals surface area contributed by atoms with Gasteiger partial charge in [-0.15, -0.1) is 0 Å². The number of benzene rings is 1. The van der Waals surface area contributed by atoms with Crippen LogP contribution in [0.3, 0.4) is 0 Å². The number of aromatic nitrogens is 2. The smallest absolute Gasteiger partial charge is 0.242 e. The van der Waals surface area contributed by atoms with E-state index < -0.39 is 0 Å². The lowest BCUT2D eigenvalue weighted by Crippen LogP contribution is -2.44. The fraction of sp³-hybridized carbons (Fsp3) is 0.476. The van der Waals surface area contributed by atoms with Crippen molar-refractivity contribution < 1.29 is 4.79 Å². The minimum atomic E-state index is -0.179. The number of rotatable bonds is 8. The van der Waals surface area contributed by atoms with Crippen LogP contribution in [-0.4, -0.2) is 35.0 Å². The molecule has 1 saturated heterocycles. The van der Waals surface area contributed by atoms with Crippen molar-refractivity contribution in [2.45, 2.75) is 52.0 Å². The second-order valence-electron chi connectivity index (χ2n) is 7.08. The average molecular weight is 367 g/mol. The Morgan fingerprint density at radius 2 is 2.04 bits per heavy atom. The van der Waals surface area contributed by atoms with Gasteiger partial charge in [-0.1, -0.05) is 37.5 Å². The summed E-state index contributed by atoms with van der Waals surface area (Å²) in [6.45, 7) is 5.77. The summed E-state index contributed by atoms with van der Waals surface area (Å²) in [5.74, 6) is 1.43. The summed E-state index contributed by atoms with van der Waals surface area (Å²) in [6, 6.07) is 9.84. The highest BCUT2D eigenvalue weighted by atomic mass is 16.2. The number of anilines is 3. The zero-order chi connectivity index (χ0) is 19.1. The first-order chi connectivity index (χ1) is 13.2. The second-order valence-corrected chi connectivity index (χ2v) is 7.08. The highest BCUT2D eigenvalue weighted by Gasteiger charge is 2.32. The van der Waals surface area contributed by atoms with Crippen LogP contribution >= 0.6 is 0 Å². The zero-order valence-electron chi connectivity index (χ0n) is 16.2. The molecule has 2 aromatic rings. The molecule has 1 aliphatic rings. The van der Waals surface area contributed by atoms with Crippen molar-refractivity contribution >= 4 is 23.4 Å². The molecule has 0 saturated carbocycles. The van der Waals surface area contributed by atoms with E-state index in [2.05, 4.69) is 46.6 Å². The molecule has 1 aliphatic heterocycles. The van der Waals surface area contributed by atoms with Gasteiger partial charge >= 0.3 is 0 Å². The van der Waals surface area contributed by atoms with Crippen molar-refractivity contribution in [3.05, 3.63) is 42.1 Å². The maximum absolute atomic E-state index is 12.6. The zero-order valence-corrected chi connectivity index (χ0v) is 16.2. The first kappa shape index (κ1) is 19.1. The Morgan fingerprint density at radius 1 is 1.22 bits per heavy atom. The van der Waals surface area contributed by atoms with Crippen LogP contribution in [0.4, 0.5) is 17.5 Å². The van der Waals surface area contributed by atoms with E-state index in [0.29, 0.717) is 5.95 Å². The number of hydrogen-bond donors (Lipinski definition) is 2. The van der Waals surface area contributed by atoms with Gasteiger partial charge in [0.25, 0.3) is 0 Å². The molecule has 2 heterocycles. The Bertz CT molecular complexity index is 746. The molecule has 1 aromatic carbocycles. The molecule has 1 fully saturated rings. The van der Waals surface area contributed by atoms with Gasteiger partial charge in [0.15, 0.2) is 0 Å². The molecule has 1 unspecified atom stereocenters. The van der Waals surface area contributed by atoms with Crippen LogP contribution in [0.25, 0.3) is 0 Å². The van der Waals surface area contributed by atoms with E-state index in [4.69, 9.17) is 0 Å². The van der Waals surface area contributed by atoms with Crippen molar-refractivity contribution in [2.24, 2.45) is 0 Å². The van der Waals surface area contributed by atoms with Crippen molar-refractivity contribution in [1.29, 1.82) is 0 Å². The quantitative estimate of drug-likeness (QED) is 0.695. The molecule has 1 amide bonds. The van der Waals surface area contributed by atoms with E-state index in [0.717, 1.165) is 56.7 Å². The third-order valence-corrected chi connectivity index (χ3v) is 4.86. The number of nitrogens with zero attached hydrogens (tertiary/aromatic N) is 3. The van der Waals surface area contributed by atoms with Gasteiger partial charge in [-0.05, 0) is 44.4 Å². The molecule has 27 heavy (non-hydrogen) atoms. The standard InChI is InChI=1S/C21H29N5O/c1-3-4-5-13-22-20(27)18-7-6-15-26(18)21-23-14-12-19(25-21)24-17-10-8-16(2)9-11-17/h8-12,14,18H,3-7,13,15H2,1-2H3,(H,22,27)(H,23,24,25). The van der Waals surface area contributed by atoms with Crippen LogP contribution in [0.2, 0.25) is 0 Å². The lowest BCUT2D eigenvalue weighted by Gasteiger charge is -2.24. The fourth-order valence-corrected chi connectivity index (χ4v) is 3.32. The van der Waals surface area contributed by atoms with Crippen LogP contribution in [0.1, 0.15) is 44.6 Å². The predicted octanol–water partition coefficient (Wildman–Crippen LogP) is 3.80. The molecule has 0 aliphatic carbocycles. The van der Waals surface area contributed by atoms with E-state index in [1.807, 2.05) is 23.1 Å². The molecular weight excluding hydrogens is 338 g/mol. The Balaban J connectivity index is 1.65. The van der Waals surface area contributed by atoms with Crippen molar-refractivity contribution in [3.8, 4) is 0 Å². The topological polar surface area (TPSA) is 70.2 Å². The molecule has 6 heteroatoms. The molecule has 2 N–H and O–H groups in total. The summed E-state index contributed by atoms with van der Waals surface area (Å²) in [6.07, 6.45) is 6.89. The van der Waals surface area contributed by atoms with Gasteiger partial charge in [0.1, 0.15) is 11.9 Å². The van der Waals surface area contributed by atoms with Crippen LogP contribution < -0.4 is 15.5 Å². The fourth-order valence-electron chi connectivity index (χ4n) is 3.32. The van der Waals surface area contributed by atoms with Gasteiger partial charge in [-0.2, -0.15) is 4.98 Å². The predicted molar refractivity (Wildman–Crippen MR) is 109 cm³/mol. The second kappa shape index (κ2) is 9.35. The molecule has 0 radical (unpaired) electrons. The summed E-state index contributed by atoms with van der Waals surface area (Å²) in [5, 5.41) is 6.38. The number of amides is 1. The van der Waals surface area contributed by atoms with Crippen LogP contribution in [0.15, 0.2) is 36.5 Å². The molecule has 6 nitrogen and oxygen atoms in total. The summed E-state index contributed by atoms with van der Waals surface area (Å²) in [4.78, 5) is 23.7. The number of hydrogen-bond acceptors (Lipinski definition) is 5. The molecule has 144 valence electrons. The first-order valence-corrected chi connectivity index (χ1v) is 9.88. The van der Waals surface area contributed by atoms with Crippen LogP contribution in [0, 0.1) is 6.92 Å². The first-order valence-electron chi connectivity index (χ1n) is 9.88. The highest BCUT2D eigenvalue weighted by Crippen LogP contribution is 2.24. The van der Waals surface area contributed by atoms with E-state index in [-0.39, 0.29) is 11.9 Å². The molecular formula is C21H29N5O. The monoisotopic (exact) mass is 367 g/mol. The maximum atomic E-state index is 12.6. The normalized spacial score (nSPS) is 16.4. The van der Waals surface area contributed by atoms with Gasteiger partial charge in [0.2, 0.25) is 11.9 Å². The van der Waals surface area contributed by atoms with E-state index in [9.17, 15) is 4.79 Å². The van der Waals surface area contributed by atoms with Gasteiger partial charge in [0, 0.05) is 25.0 Å².